The van der Waals surface area contributed by atoms with Gasteiger partial charge in [0.15, 0.2) is 0 Å². The number of methoxy groups -OCH3 is 1. The van der Waals surface area contributed by atoms with Crippen LogP contribution in [0.2, 0.25) is 0 Å². The second kappa shape index (κ2) is 8.85. The van der Waals surface area contributed by atoms with E-state index in [4.69, 9.17) is 4.74 Å². The van der Waals surface area contributed by atoms with Gasteiger partial charge in [-0.3, -0.25) is 4.90 Å². The van der Waals surface area contributed by atoms with Gasteiger partial charge in [0.1, 0.15) is 0 Å². The van der Waals surface area contributed by atoms with Crippen molar-refractivity contribution >= 4 is 11.8 Å². The highest BCUT2D eigenvalue weighted by atomic mass is 32.2. The van der Waals surface area contributed by atoms with Gasteiger partial charge < -0.3 is 4.74 Å². The minimum Gasteiger partial charge on any atom is -0.383 e. The molecule has 0 atom stereocenters. The van der Waals surface area contributed by atoms with Crippen LogP contribution in [0.4, 0.5) is 0 Å². The van der Waals surface area contributed by atoms with Crippen molar-refractivity contribution in [3.63, 3.8) is 0 Å². The van der Waals surface area contributed by atoms with Crippen LogP contribution in [0.15, 0.2) is 0 Å². The maximum Gasteiger partial charge on any atom is 0.0589 e. The van der Waals surface area contributed by atoms with Crippen molar-refractivity contribution in [2.24, 2.45) is 0 Å². The Labute approximate surface area is 87.0 Å². The highest BCUT2D eigenvalue weighted by molar-refractivity contribution is 7.99. The lowest BCUT2D eigenvalue weighted by molar-refractivity contribution is 0.134. The van der Waals surface area contributed by atoms with Gasteiger partial charge in [0.05, 0.1) is 6.61 Å². The summed E-state index contributed by atoms with van der Waals surface area (Å²) in [5, 5.41) is 0. The first-order valence-electron chi connectivity index (χ1n) is 5.03. The predicted octanol–water partition coefficient (Wildman–Crippen LogP) is 2.10. The molecule has 0 radical (unpaired) electrons. The van der Waals surface area contributed by atoms with Gasteiger partial charge in [-0.2, -0.15) is 11.8 Å². The van der Waals surface area contributed by atoms with Crippen LogP contribution in [0.5, 0.6) is 0 Å². The molecular formula is C10H23NOS. The normalized spacial score (nSPS) is 11.5. The van der Waals surface area contributed by atoms with Crippen LogP contribution in [0.25, 0.3) is 0 Å². The molecule has 0 fully saturated rings. The van der Waals surface area contributed by atoms with Gasteiger partial charge in [-0.15, -0.1) is 0 Å². The molecule has 3 heteroatoms. The molecule has 80 valence electrons. The number of ether oxygens (including phenoxy) is 1. The van der Waals surface area contributed by atoms with Gasteiger partial charge in [-0.1, -0.05) is 6.92 Å². The van der Waals surface area contributed by atoms with Crippen molar-refractivity contribution in [3.05, 3.63) is 0 Å². The predicted molar refractivity (Wildman–Crippen MR) is 61.6 cm³/mol. The zero-order valence-corrected chi connectivity index (χ0v) is 10.2. The fourth-order valence-electron chi connectivity index (χ4n) is 1.16. The quantitative estimate of drug-likeness (QED) is 0.563. The molecule has 0 saturated carbocycles. The molecular weight excluding hydrogens is 182 g/mol. The van der Waals surface area contributed by atoms with Crippen LogP contribution >= 0.6 is 11.8 Å². The van der Waals surface area contributed by atoms with Gasteiger partial charge in [0.2, 0.25) is 0 Å². The largest absolute Gasteiger partial charge is 0.383 e. The summed E-state index contributed by atoms with van der Waals surface area (Å²) in [6.45, 7) is 9.77. The van der Waals surface area contributed by atoms with Crippen molar-refractivity contribution < 1.29 is 4.74 Å². The van der Waals surface area contributed by atoms with Gasteiger partial charge in [0, 0.05) is 32.0 Å². The van der Waals surface area contributed by atoms with Crippen molar-refractivity contribution in [2.75, 3.05) is 38.3 Å². The van der Waals surface area contributed by atoms with E-state index < -0.39 is 0 Å². The molecule has 0 spiro atoms. The topological polar surface area (TPSA) is 12.5 Å². The zero-order chi connectivity index (χ0) is 10.1. The number of nitrogens with zero attached hydrogens (tertiary/aromatic N) is 1. The number of hydrogen-bond acceptors (Lipinski definition) is 3. The first-order valence-corrected chi connectivity index (χ1v) is 6.18. The lowest BCUT2D eigenvalue weighted by Gasteiger charge is -2.25. The summed E-state index contributed by atoms with van der Waals surface area (Å²) >= 11 is 2.00. The molecule has 0 aliphatic carbocycles. The smallest absolute Gasteiger partial charge is 0.0589 e. The third-order valence-electron chi connectivity index (χ3n) is 2.04. The molecule has 0 amide bonds. The molecule has 13 heavy (non-hydrogen) atoms. The Kier molecular flexibility index (Phi) is 9.03. The molecule has 0 aromatic rings. The molecule has 0 unspecified atom stereocenters. The number of thioether (sulfide) groups is 1. The van der Waals surface area contributed by atoms with Gasteiger partial charge >= 0.3 is 0 Å². The highest BCUT2D eigenvalue weighted by Gasteiger charge is 2.07. The Bertz CT molecular complexity index is 109. The number of rotatable bonds is 8. The average molecular weight is 205 g/mol. The Morgan fingerprint density at radius 3 is 2.46 bits per heavy atom. The van der Waals surface area contributed by atoms with Gasteiger partial charge in [-0.05, 0) is 19.6 Å². The summed E-state index contributed by atoms with van der Waals surface area (Å²) < 4.78 is 5.08. The molecule has 0 heterocycles. The zero-order valence-electron chi connectivity index (χ0n) is 9.38. The second-order valence-corrected chi connectivity index (χ2v) is 4.71. The van der Waals surface area contributed by atoms with Crippen LogP contribution < -0.4 is 0 Å². The molecule has 2 nitrogen and oxygen atoms in total. The van der Waals surface area contributed by atoms with Crippen LogP contribution in [0.1, 0.15) is 20.8 Å². The molecule has 0 aliphatic rings. The van der Waals surface area contributed by atoms with E-state index in [1.807, 2.05) is 11.8 Å². The van der Waals surface area contributed by atoms with E-state index in [0.29, 0.717) is 6.04 Å². The summed E-state index contributed by atoms with van der Waals surface area (Å²) in [4.78, 5) is 2.46. The standard InChI is InChI=1S/C10H23NOS/c1-5-13-9-7-11(10(2)3)6-8-12-4/h10H,5-9H2,1-4H3. The second-order valence-electron chi connectivity index (χ2n) is 3.32. The van der Waals surface area contributed by atoms with Gasteiger partial charge in [-0.25, -0.2) is 0 Å². The van der Waals surface area contributed by atoms with Crippen LogP contribution in [0, 0.1) is 0 Å². The lowest BCUT2D eigenvalue weighted by Crippen LogP contribution is -2.35. The van der Waals surface area contributed by atoms with Crippen LogP contribution in [0.3, 0.4) is 0 Å². The van der Waals surface area contributed by atoms with E-state index in [1.165, 1.54) is 18.1 Å². The van der Waals surface area contributed by atoms with E-state index in [9.17, 15) is 0 Å². The third kappa shape index (κ3) is 7.35. The van der Waals surface area contributed by atoms with Crippen LogP contribution in [-0.2, 0) is 4.74 Å². The Morgan fingerprint density at radius 2 is 2.00 bits per heavy atom. The minimum absolute atomic E-state index is 0.632. The molecule has 0 rings (SSSR count). The van der Waals surface area contributed by atoms with Crippen molar-refractivity contribution in [2.45, 2.75) is 26.8 Å². The van der Waals surface area contributed by atoms with E-state index in [1.54, 1.807) is 7.11 Å². The molecule has 0 aromatic carbocycles. The Hall–Kier alpha value is 0.270. The molecule has 0 aromatic heterocycles. The number of hydrogen-bond donors (Lipinski definition) is 0. The van der Waals surface area contributed by atoms with E-state index >= 15 is 0 Å². The van der Waals surface area contributed by atoms with Crippen molar-refractivity contribution in [3.8, 4) is 0 Å². The third-order valence-corrected chi connectivity index (χ3v) is 2.92. The first-order chi connectivity index (χ1) is 6.22. The summed E-state index contributed by atoms with van der Waals surface area (Å²) in [7, 11) is 1.76. The Balaban J connectivity index is 3.54. The van der Waals surface area contributed by atoms with Gasteiger partial charge in [0.25, 0.3) is 0 Å². The van der Waals surface area contributed by atoms with Crippen molar-refractivity contribution in [1.29, 1.82) is 0 Å². The molecule has 0 saturated heterocycles. The highest BCUT2D eigenvalue weighted by Crippen LogP contribution is 2.03. The molecule has 0 aliphatic heterocycles. The fraction of sp³-hybridized carbons (Fsp3) is 1.00. The summed E-state index contributed by atoms with van der Waals surface area (Å²) in [5.74, 6) is 2.45. The lowest BCUT2D eigenvalue weighted by atomic mass is 10.3. The summed E-state index contributed by atoms with van der Waals surface area (Å²) in [6, 6.07) is 0.632. The molecule has 0 bridgehead atoms. The summed E-state index contributed by atoms with van der Waals surface area (Å²) in [5.41, 5.74) is 0. The van der Waals surface area contributed by atoms with Crippen molar-refractivity contribution in [1.82, 2.24) is 4.90 Å². The first kappa shape index (κ1) is 13.3. The monoisotopic (exact) mass is 205 g/mol. The maximum atomic E-state index is 5.08. The minimum atomic E-state index is 0.632. The van der Waals surface area contributed by atoms with E-state index in [2.05, 4.69) is 25.7 Å². The van der Waals surface area contributed by atoms with E-state index in [-0.39, 0.29) is 0 Å². The molecule has 0 N–H and O–H groups in total. The summed E-state index contributed by atoms with van der Waals surface area (Å²) in [6.07, 6.45) is 0. The van der Waals surface area contributed by atoms with E-state index in [0.717, 1.165) is 13.2 Å². The van der Waals surface area contributed by atoms with Crippen LogP contribution in [-0.4, -0.2) is 49.3 Å². The maximum absolute atomic E-state index is 5.08. The Morgan fingerprint density at radius 1 is 1.31 bits per heavy atom. The fourth-order valence-corrected chi connectivity index (χ4v) is 1.82. The average Bonchev–Trinajstić information content (AvgIpc) is 2.10. The SMILES string of the molecule is CCSCCN(CCOC)C(C)C.